The van der Waals surface area contributed by atoms with Crippen LogP contribution >= 0.6 is 23.2 Å². The summed E-state index contributed by atoms with van der Waals surface area (Å²) >= 11 is 12.3. The molecule has 0 spiro atoms. The van der Waals surface area contributed by atoms with Crippen molar-refractivity contribution in [3.63, 3.8) is 0 Å². The van der Waals surface area contributed by atoms with Crippen molar-refractivity contribution >= 4 is 39.1 Å². The lowest BCUT2D eigenvalue weighted by Gasteiger charge is -2.11. The molecule has 1 aromatic carbocycles. The van der Waals surface area contributed by atoms with E-state index < -0.39 is 15.9 Å². The molecule has 0 aliphatic rings. The van der Waals surface area contributed by atoms with Gasteiger partial charge in [-0.3, -0.25) is 4.79 Å². The second-order valence-electron chi connectivity index (χ2n) is 5.13. The number of amides is 1. The third-order valence-electron chi connectivity index (χ3n) is 2.78. The highest BCUT2D eigenvalue weighted by Gasteiger charge is 2.23. The largest absolute Gasteiger partial charge is 0.304 e. The van der Waals surface area contributed by atoms with Crippen LogP contribution in [0.1, 0.15) is 36.2 Å². The van der Waals surface area contributed by atoms with Crippen molar-refractivity contribution in [2.45, 2.75) is 19.8 Å². The van der Waals surface area contributed by atoms with Gasteiger partial charge in [-0.25, -0.2) is 22.8 Å². The molecule has 2 rings (SSSR count). The third kappa shape index (κ3) is 4.01. The zero-order chi connectivity index (χ0) is 17.4. The average molecular weight is 377 g/mol. The molecule has 0 unspecified atom stereocenters. The molecule has 0 saturated heterocycles. The first kappa shape index (κ1) is 17.7. The second-order valence-corrected chi connectivity index (χ2v) is 7.70. The highest BCUT2D eigenvalue weighted by Crippen LogP contribution is 2.30. The van der Waals surface area contributed by atoms with Crippen LogP contribution in [0.2, 0.25) is 10.0 Å². The van der Waals surface area contributed by atoms with Crippen LogP contribution in [0.25, 0.3) is 5.69 Å². The first-order chi connectivity index (χ1) is 10.6. The number of carbonyl (C=O) groups excluding carboxylic acids is 1. The summed E-state index contributed by atoms with van der Waals surface area (Å²) in [5.74, 6) is -0.875. The number of aromatic nitrogens is 3. The second kappa shape index (κ2) is 6.46. The molecule has 0 atom stereocenters. The number of halogens is 2. The minimum atomic E-state index is -3.72. The van der Waals surface area contributed by atoms with Gasteiger partial charge in [0.15, 0.2) is 0 Å². The fourth-order valence-electron chi connectivity index (χ4n) is 1.86. The standard InChI is InChI=1S/C13H14Cl2N4O3S/c1-7(2)12-16-11(13(20)18-23(3,21)22)17-19(12)10-8(14)5-4-6-9(10)15/h4-7H,1-3H3,(H,18,20). The zero-order valence-electron chi connectivity index (χ0n) is 12.5. The average Bonchev–Trinajstić information content (AvgIpc) is 2.81. The Kier molecular flexibility index (Phi) is 4.98. The first-order valence-corrected chi connectivity index (χ1v) is 9.18. The van der Waals surface area contributed by atoms with Gasteiger partial charge in [0.2, 0.25) is 15.8 Å². The van der Waals surface area contributed by atoms with Gasteiger partial charge in [-0.1, -0.05) is 43.1 Å². The van der Waals surface area contributed by atoms with Gasteiger partial charge in [-0.05, 0) is 12.1 Å². The number of rotatable bonds is 4. The lowest BCUT2D eigenvalue weighted by atomic mass is 10.2. The molecular formula is C13H14Cl2N4O3S. The number of hydrogen-bond donors (Lipinski definition) is 1. The summed E-state index contributed by atoms with van der Waals surface area (Å²) in [5.41, 5.74) is 0.380. The van der Waals surface area contributed by atoms with Crippen molar-refractivity contribution in [1.29, 1.82) is 0 Å². The van der Waals surface area contributed by atoms with Crippen molar-refractivity contribution in [1.82, 2.24) is 19.5 Å². The van der Waals surface area contributed by atoms with Gasteiger partial charge >= 0.3 is 5.91 Å². The molecule has 10 heteroatoms. The Hall–Kier alpha value is -1.64. The number of nitrogens with one attached hydrogen (secondary N) is 1. The number of sulfonamides is 1. The predicted octanol–water partition coefficient (Wildman–Crippen LogP) is 2.39. The van der Waals surface area contributed by atoms with Crippen LogP contribution in [0.5, 0.6) is 0 Å². The first-order valence-electron chi connectivity index (χ1n) is 6.53. The Labute approximate surface area is 143 Å². The summed E-state index contributed by atoms with van der Waals surface area (Å²) < 4.78 is 25.5. The highest BCUT2D eigenvalue weighted by atomic mass is 35.5. The highest BCUT2D eigenvalue weighted by molar-refractivity contribution is 7.89. The van der Waals surface area contributed by atoms with Gasteiger partial charge in [0.1, 0.15) is 11.5 Å². The number of nitrogens with zero attached hydrogens (tertiary/aromatic N) is 3. The molecule has 1 heterocycles. The number of carbonyl (C=O) groups is 1. The zero-order valence-corrected chi connectivity index (χ0v) is 14.9. The Bertz CT molecular complexity index is 842. The van der Waals surface area contributed by atoms with E-state index in [9.17, 15) is 13.2 Å². The van der Waals surface area contributed by atoms with Gasteiger partial charge < -0.3 is 0 Å². The van der Waals surface area contributed by atoms with E-state index in [0.717, 1.165) is 6.26 Å². The summed E-state index contributed by atoms with van der Waals surface area (Å²) in [6.07, 6.45) is 0.871. The maximum Gasteiger partial charge on any atom is 0.304 e. The van der Waals surface area contributed by atoms with Crippen molar-refractivity contribution < 1.29 is 13.2 Å². The summed E-state index contributed by atoms with van der Waals surface area (Å²) in [5, 5.41) is 4.73. The molecular weight excluding hydrogens is 363 g/mol. The summed E-state index contributed by atoms with van der Waals surface area (Å²) in [7, 11) is -3.72. The van der Waals surface area contributed by atoms with Gasteiger partial charge in [0, 0.05) is 5.92 Å². The van der Waals surface area contributed by atoms with Gasteiger partial charge in [-0.2, -0.15) is 0 Å². The molecule has 1 aromatic heterocycles. The van der Waals surface area contributed by atoms with Gasteiger partial charge in [-0.15, -0.1) is 5.10 Å². The fraction of sp³-hybridized carbons (Fsp3) is 0.308. The quantitative estimate of drug-likeness (QED) is 0.883. The molecule has 0 bridgehead atoms. The molecule has 0 saturated carbocycles. The predicted molar refractivity (Wildman–Crippen MR) is 87.8 cm³/mol. The normalized spacial score (nSPS) is 11.7. The van der Waals surface area contributed by atoms with Crippen LogP contribution in [0.3, 0.4) is 0 Å². The fourth-order valence-corrected chi connectivity index (χ4v) is 2.85. The van der Waals surface area contributed by atoms with E-state index in [0.29, 0.717) is 21.6 Å². The Morgan fingerprint density at radius 3 is 2.30 bits per heavy atom. The number of para-hydroxylation sites is 1. The van der Waals surface area contributed by atoms with Gasteiger partial charge in [0.25, 0.3) is 0 Å². The molecule has 0 aliphatic heterocycles. The molecule has 2 aromatic rings. The van der Waals surface area contributed by atoms with Crippen molar-refractivity contribution in [2.24, 2.45) is 0 Å². The molecule has 23 heavy (non-hydrogen) atoms. The van der Waals surface area contributed by atoms with Crippen LogP contribution in [-0.2, 0) is 10.0 Å². The SMILES string of the molecule is CC(C)c1nc(C(=O)NS(C)(=O)=O)nn1-c1c(Cl)cccc1Cl. The number of hydrogen-bond acceptors (Lipinski definition) is 5. The van der Waals surface area contributed by atoms with E-state index in [1.54, 1.807) is 18.2 Å². The topological polar surface area (TPSA) is 93.9 Å². The van der Waals surface area contributed by atoms with Crippen molar-refractivity contribution in [3.05, 3.63) is 39.9 Å². The minimum Gasteiger partial charge on any atom is -0.264 e. The van der Waals surface area contributed by atoms with E-state index in [4.69, 9.17) is 23.2 Å². The monoisotopic (exact) mass is 376 g/mol. The third-order valence-corrected chi connectivity index (χ3v) is 3.95. The maximum absolute atomic E-state index is 12.0. The van der Waals surface area contributed by atoms with Crippen molar-refractivity contribution in [2.75, 3.05) is 6.26 Å². The van der Waals surface area contributed by atoms with Crippen LogP contribution in [0.4, 0.5) is 0 Å². The molecule has 0 radical (unpaired) electrons. The molecule has 0 fully saturated rings. The van der Waals surface area contributed by atoms with Crippen molar-refractivity contribution in [3.8, 4) is 5.69 Å². The van der Waals surface area contributed by atoms with E-state index in [2.05, 4.69) is 10.1 Å². The Morgan fingerprint density at radius 2 is 1.83 bits per heavy atom. The molecule has 124 valence electrons. The Balaban J connectivity index is 2.59. The molecule has 7 nitrogen and oxygen atoms in total. The van der Waals surface area contributed by atoms with Crippen LogP contribution in [0, 0.1) is 0 Å². The summed E-state index contributed by atoms with van der Waals surface area (Å²) in [4.78, 5) is 16.1. The van der Waals surface area contributed by atoms with E-state index in [1.165, 1.54) is 4.68 Å². The summed E-state index contributed by atoms with van der Waals surface area (Å²) in [6, 6.07) is 4.94. The van der Waals surface area contributed by atoms with Gasteiger partial charge in [0.05, 0.1) is 16.3 Å². The minimum absolute atomic E-state index is 0.102. The van der Waals surface area contributed by atoms with E-state index in [-0.39, 0.29) is 11.7 Å². The van der Waals surface area contributed by atoms with Crippen LogP contribution in [0.15, 0.2) is 18.2 Å². The maximum atomic E-state index is 12.0. The van der Waals surface area contributed by atoms with E-state index >= 15 is 0 Å². The smallest absolute Gasteiger partial charge is 0.264 e. The molecule has 1 amide bonds. The number of benzene rings is 1. The van der Waals surface area contributed by atoms with E-state index in [1.807, 2.05) is 18.6 Å². The molecule has 1 N–H and O–H groups in total. The lowest BCUT2D eigenvalue weighted by Crippen LogP contribution is -2.30. The Morgan fingerprint density at radius 1 is 1.26 bits per heavy atom. The molecule has 0 aliphatic carbocycles. The summed E-state index contributed by atoms with van der Waals surface area (Å²) in [6.45, 7) is 3.70. The van der Waals surface area contributed by atoms with Crippen LogP contribution < -0.4 is 4.72 Å². The lowest BCUT2D eigenvalue weighted by molar-refractivity contribution is 0.0971. The van der Waals surface area contributed by atoms with Crippen LogP contribution in [-0.4, -0.2) is 35.3 Å².